The molecule has 0 aromatic heterocycles. The molecular formula is C17H34N2O3. The van der Waals surface area contributed by atoms with E-state index >= 15 is 0 Å². The zero-order valence-electron chi connectivity index (χ0n) is 15.0. The Hall–Kier alpha value is -0.200. The molecule has 0 saturated carbocycles. The Morgan fingerprint density at radius 1 is 0.864 bits per heavy atom. The summed E-state index contributed by atoms with van der Waals surface area (Å²) in [5, 5.41) is 0. The van der Waals surface area contributed by atoms with Gasteiger partial charge in [-0.25, -0.2) is 0 Å². The van der Waals surface area contributed by atoms with Crippen molar-refractivity contribution in [3.63, 3.8) is 0 Å². The molecule has 22 heavy (non-hydrogen) atoms. The topological polar surface area (TPSA) is 34.2 Å². The Morgan fingerprint density at radius 3 is 1.82 bits per heavy atom. The molecule has 5 heteroatoms. The van der Waals surface area contributed by atoms with E-state index in [1.54, 1.807) is 0 Å². The summed E-state index contributed by atoms with van der Waals surface area (Å²) >= 11 is 0. The maximum atomic E-state index is 6.02. The van der Waals surface area contributed by atoms with Crippen LogP contribution in [0.25, 0.3) is 0 Å². The van der Waals surface area contributed by atoms with Crippen LogP contribution in [0, 0.1) is 0 Å². The van der Waals surface area contributed by atoms with Gasteiger partial charge in [-0.15, -0.1) is 0 Å². The third kappa shape index (κ3) is 6.13. The van der Waals surface area contributed by atoms with Crippen molar-refractivity contribution in [2.75, 3.05) is 45.9 Å². The second kappa shape index (κ2) is 8.60. The van der Waals surface area contributed by atoms with Gasteiger partial charge in [0, 0.05) is 39.3 Å². The van der Waals surface area contributed by atoms with Gasteiger partial charge in [0.2, 0.25) is 0 Å². The zero-order valence-corrected chi connectivity index (χ0v) is 15.0. The zero-order chi connectivity index (χ0) is 16.1. The highest BCUT2D eigenvalue weighted by Crippen LogP contribution is 2.12. The lowest BCUT2D eigenvalue weighted by Gasteiger charge is -2.37. The van der Waals surface area contributed by atoms with Gasteiger partial charge in [0.15, 0.2) is 0 Å². The second-order valence-corrected chi connectivity index (χ2v) is 7.17. The van der Waals surface area contributed by atoms with Crippen LogP contribution < -0.4 is 0 Å². The fourth-order valence-electron chi connectivity index (χ4n) is 3.70. The molecule has 5 atom stereocenters. The fourth-order valence-corrected chi connectivity index (χ4v) is 3.70. The van der Waals surface area contributed by atoms with Gasteiger partial charge < -0.3 is 14.2 Å². The number of morpholine rings is 2. The van der Waals surface area contributed by atoms with Crippen molar-refractivity contribution in [3.8, 4) is 0 Å². The van der Waals surface area contributed by atoms with E-state index < -0.39 is 0 Å². The standard InChI is InChI=1S/C17H34N2O3/c1-13(8-19-11-16(4)22-17(5)12-19)20-7-6-18-9-14(2)21-15(3)10-18/h13-17H,6-12H2,1-5H3. The molecule has 2 aliphatic rings. The predicted molar refractivity (Wildman–Crippen MR) is 88.3 cm³/mol. The van der Waals surface area contributed by atoms with Crippen molar-refractivity contribution in [1.29, 1.82) is 0 Å². The normalized spacial score (nSPS) is 36.4. The first-order valence-corrected chi connectivity index (χ1v) is 8.79. The maximum absolute atomic E-state index is 6.02. The number of hydrogen-bond acceptors (Lipinski definition) is 5. The monoisotopic (exact) mass is 314 g/mol. The third-order valence-corrected chi connectivity index (χ3v) is 4.32. The molecule has 5 unspecified atom stereocenters. The molecule has 130 valence electrons. The minimum Gasteiger partial charge on any atom is -0.376 e. The van der Waals surface area contributed by atoms with E-state index in [0.29, 0.717) is 24.4 Å². The van der Waals surface area contributed by atoms with Crippen LogP contribution in [0.5, 0.6) is 0 Å². The van der Waals surface area contributed by atoms with Gasteiger partial charge in [0.1, 0.15) is 0 Å². The van der Waals surface area contributed by atoms with Crippen LogP contribution in [0.1, 0.15) is 34.6 Å². The molecule has 0 aromatic rings. The van der Waals surface area contributed by atoms with Gasteiger partial charge in [-0.3, -0.25) is 9.80 Å². The average molecular weight is 314 g/mol. The highest BCUT2D eigenvalue weighted by molar-refractivity contribution is 4.75. The van der Waals surface area contributed by atoms with Gasteiger partial charge in [-0.2, -0.15) is 0 Å². The highest BCUT2D eigenvalue weighted by Gasteiger charge is 2.24. The van der Waals surface area contributed by atoms with Crippen molar-refractivity contribution >= 4 is 0 Å². The number of rotatable bonds is 6. The molecule has 2 heterocycles. The Bertz CT molecular complexity index is 309. The first kappa shape index (κ1) is 18.1. The van der Waals surface area contributed by atoms with E-state index in [0.717, 1.165) is 45.9 Å². The quantitative estimate of drug-likeness (QED) is 0.744. The molecule has 0 aliphatic carbocycles. The number of nitrogens with zero attached hydrogens (tertiary/aromatic N) is 2. The van der Waals surface area contributed by atoms with Crippen LogP contribution in [-0.2, 0) is 14.2 Å². The van der Waals surface area contributed by atoms with Gasteiger partial charge in [-0.1, -0.05) is 0 Å². The summed E-state index contributed by atoms with van der Waals surface area (Å²) in [6, 6.07) is 0. The summed E-state index contributed by atoms with van der Waals surface area (Å²) < 4.78 is 17.6. The van der Waals surface area contributed by atoms with Crippen molar-refractivity contribution in [2.45, 2.75) is 65.1 Å². The first-order chi connectivity index (χ1) is 10.4. The van der Waals surface area contributed by atoms with E-state index in [1.807, 2.05) is 0 Å². The predicted octanol–water partition coefficient (Wildman–Crippen LogP) is 1.61. The van der Waals surface area contributed by atoms with Crippen LogP contribution >= 0.6 is 0 Å². The summed E-state index contributed by atoms with van der Waals surface area (Å²) in [6.07, 6.45) is 1.59. The third-order valence-electron chi connectivity index (χ3n) is 4.32. The van der Waals surface area contributed by atoms with Gasteiger partial charge in [0.05, 0.1) is 37.1 Å². The van der Waals surface area contributed by atoms with E-state index in [2.05, 4.69) is 44.4 Å². The van der Waals surface area contributed by atoms with Crippen LogP contribution in [0.3, 0.4) is 0 Å². The molecule has 2 aliphatic heterocycles. The molecule has 0 bridgehead atoms. The summed E-state index contributed by atoms with van der Waals surface area (Å²) in [6.45, 7) is 17.6. The van der Waals surface area contributed by atoms with Crippen LogP contribution in [0.4, 0.5) is 0 Å². The van der Waals surface area contributed by atoms with Crippen molar-refractivity contribution in [2.24, 2.45) is 0 Å². The summed E-state index contributed by atoms with van der Waals surface area (Å²) in [7, 11) is 0. The van der Waals surface area contributed by atoms with Crippen molar-refractivity contribution < 1.29 is 14.2 Å². The molecule has 0 radical (unpaired) electrons. The van der Waals surface area contributed by atoms with E-state index in [-0.39, 0.29) is 6.10 Å². The number of hydrogen-bond donors (Lipinski definition) is 0. The summed E-state index contributed by atoms with van der Waals surface area (Å²) in [4.78, 5) is 4.91. The molecule has 2 fully saturated rings. The minimum atomic E-state index is 0.272. The average Bonchev–Trinajstić information content (AvgIpc) is 2.35. The van der Waals surface area contributed by atoms with Crippen LogP contribution in [0.15, 0.2) is 0 Å². The van der Waals surface area contributed by atoms with E-state index in [4.69, 9.17) is 14.2 Å². The largest absolute Gasteiger partial charge is 0.376 e. The Balaban J connectivity index is 1.62. The molecule has 0 aromatic carbocycles. The lowest BCUT2D eigenvalue weighted by Crippen LogP contribution is -2.48. The second-order valence-electron chi connectivity index (χ2n) is 7.17. The van der Waals surface area contributed by atoms with E-state index in [1.165, 1.54) is 0 Å². The highest BCUT2D eigenvalue weighted by atomic mass is 16.5. The lowest BCUT2D eigenvalue weighted by molar-refractivity contribution is -0.0878. The molecule has 2 saturated heterocycles. The molecule has 0 spiro atoms. The molecule has 2 rings (SSSR count). The van der Waals surface area contributed by atoms with Gasteiger partial charge in [0.25, 0.3) is 0 Å². The maximum Gasteiger partial charge on any atom is 0.0678 e. The van der Waals surface area contributed by atoms with Crippen molar-refractivity contribution in [3.05, 3.63) is 0 Å². The van der Waals surface area contributed by atoms with Crippen LogP contribution in [-0.4, -0.2) is 86.2 Å². The van der Waals surface area contributed by atoms with Crippen molar-refractivity contribution in [1.82, 2.24) is 9.80 Å². The Kier molecular flexibility index (Phi) is 7.09. The van der Waals surface area contributed by atoms with Crippen LogP contribution in [0.2, 0.25) is 0 Å². The number of ether oxygens (including phenoxy) is 3. The lowest BCUT2D eigenvalue weighted by atomic mass is 10.2. The molecular weight excluding hydrogens is 280 g/mol. The summed E-state index contributed by atoms with van der Waals surface area (Å²) in [5.74, 6) is 0. The fraction of sp³-hybridized carbons (Fsp3) is 1.00. The Labute approximate surface area is 135 Å². The minimum absolute atomic E-state index is 0.272. The smallest absolute Gasteiger partial charge is 0.0678 e. The van der Waals surface area contributed by atoms with Gasteiger partial charge in [-0.05, 0) is 34.6 Å². The molecule has 5 nitrogen and oxygen atoms in total. The first-order valence-electron chi connectivity index (χ1n) is 8.79. The Morgan fingerprint density at radius 2 is 1.32 bits per heavy atom. The summed E-state index contributed by atoms with van der Waals surface area (Å²) in [5.41, 5.74) is 0. The van der Waals surface area contributed by atoms with E-state index in [9.17, 15) is 0 Å². The SMILES string of the molecule is CC(CN1CC(C)OC(C)C1)OCCN1CC(C)OC(C)C1. The van der Waals surface area contributed by atoms with Gasteiger partial charge >= 0.3 is 0 Å². The molecule has 0 N–H and O–H groups in total. The molecule has 0 amide bonds.